The van der Waals surface area contributed by atoms with Crippen LogP contribution in [0.3, 0.4) is 0 Å². The molecular formula is C19H16FN3O2S2. The number of hydrogen-bond acceptors (Lipinski definition) is 5. The van der Waals surface area contributed by atoms with E-state index in [0.29, 0.717) is 31.1 Å². The summed E-state index contributed by atoms with van der Waals surface area (Å²) in [5.41, 5.74) is 0.0697. The van der Waals surface area contributed by atoms with Crippen molar-refractivity contribution in [3.05, 3.63) is 64.2 Å². The van der Waals surface area contributed by atoms with Crippen molar-refractivity contribution in [3.8, 4) is 9.88 Å². The van der Waals surface area contributed by atoms with Gasteiger partial charge in [0.25, 0.3) is 11.8 Å². The van der Waals surface area contributed by atoms with Crippen LogP contribution in [0.15, 0.2) is 48.0 Å². The van der Waals surface area contributed by atoms with E-state index in [9.17, 15) is 14.0 Å². The molecule has 2 amide bonds. The van der Waals surface area contributed by atoms with Crippen molar-refractivity contribution >= 4 is 34.5 Å². The number of nitrogens with zero attached hydrogens (tertiary/aromatic N) is 3. The van der Waals surface area contributed by atoms with Crippen LogP contribution in [-0.2, 0) is 0 Å². The lowest BCUT2D eigenvalue weighted by Crippen LogP contribution is -2.50. The summed E-state index contributed by atoms with van der Waals surface area (Å²) in [6, 6.07) is 9.90. The molecule has 4 rings (SSSR count). The summed E-state index contributed by atoms with van der Waals surface area (Å²) in [5, 5.41) is 2.81. The van der Waals surface area contributed by atoms with Gasteiger partial charge in [-0.2, -0.15) is 0 Å². The monoisotopic (exact) mass is 401 g/mol. The molecule has 2 aromatic heterocycles. The van der Waals surface area contributed by atoms with Crippen molar-refractivity contribution in [2.24, 2.45) is 0 Å². The van der Waals surface area contributed by atoms with Crippen LogP contribution < -0.4 is 0 Å². The normalized spacial score (nSPS) is 14.4. The third-order valence-corrected chi connectivity index (χ3v) is 6.43. The third kappa shape index (κ3) is 3.63. The van der Waals surface area contributed by atoms with Crippen molar-refractivity contribution in [2.75, 3.05) is 26.2 Å². The first-order valence-corrected chi connectivity index (χ1v) is 10.2. The molecule has 1 saturated heterocycles. The second-order valence-corrected chi connectivity index (χ2v) is 8.05. The van der Waals surface area contributed by atoms with E-state index in [1.165, 1.54) is 23.5 Å². The van der Waals surface area contributed by atoms with Gasteiger partial charge in [0.15, 0.2) is 0 Å². The molecule has 0 unspecified atom stereocenters. The maximum absolute atomic E-state index is 13.8. The van der Waals surface area contributed by atoms with E-state index in [0.717, 1.165) is 9.88 Å². The first-order valence-electron chi connectivity index (χ1n) is 8.46. The number of thiophene rings is 1. The minimum atomic E-state index is -0.522. The highest BCUT2D eigenvalue weighted by Gasteiger charge is 2.27. The number of thiazole rings is 1. The van der Waals surface area contributed by atoms with E-state index >= 15 is 0 Å². The second kappa shape index (κ2) is 7.58. The molecule has 3 aromatic rings. The highest BCUT2D eigenvalue weighted by Crippen LogP contribution is 2.29. The quantitative estimate of drug-likeness (QED) is 0.674. The van der Waals surface area contributed by atoms with Crippen LogP contribution in [0.2, 0.25) is 0 Å². The van der Waals surface area contributed by atoms with Crippen LogP contribution >= 0.6 is 22.7 Å². The fourth-order valence-corrected chi connectivity index (χ4v) is 4.65. The standard InChI is InChI=1S/C19H16FN3O2S2/c20-14-5-2-1-4-13(14)18(24)22-7-9-23(10-8-22)19(25)16-12-21-17(27-16)15-6-3-11-26-15/h1-6,11-12H,7-10H2. The Morgan fingerprint density at radius 3 is 2.33 bits per heavy atom. The van der Waals surface area contributed by atoms with Gasteiger partial charge in [-0.25, -0.2) is 9.37 Å². The number of benzene rings is 1. The maximum atomic E-state index is 13.8. The fourth-order valence-electron chi connectivity index (χ4n) is 2.96. The van der Waals surface area contributed by atoms with Gasteiger partial charge >= 0.3 is 0 Å². The van der Waals surface area contributed by atoms with Crippen molar-refractivity contribution in [2.45, 2.75) is 0 Å². The first-order chi connectivity index (χ1) is 13.1. The number of aromatic nitrogens is 1. The van der Waals surface area contributed by atoms with Crippen LogP contribution in [0.5, 0.6) is 0 Å². The third-order valence-electron chi connectivity index (χ3n) is 4.41. The highest BCUT2D eigenvalue weighted by atomic mass is 32.1. The van der Waals surface area contributed by atoms with Crippen molar-refractivity contribution in [1.82, 2.24) is 14.8 Å². The fraction of sp³-hybridized carbons (Fsp3) is 0.211. The Labute approximate surface area is 163 Å². The minimum absolute atomic E-state index is 0.0697. The van der Waals surface area contributed by atoms with Crippen LogP contribution in [0.4, 0.5) is 4.39 Å². The topological polar surface area (TPSA) is 53.5 Å². The summed E-state index contributed by atoms with van der Waals surface area (Å²) >= 11 is 2.96. The number of halogens is 1. The SMILES string of the molecule is O=C(c1cnc(-c2cccs2)s1)N1CCN(C(=O)c2ccccc2F)CC1. The Hall–Kier alpha value is -2.58. The lowest BCUT2D eigenvalue weighted by molar-refractivity contribution is 0.0535. The molecule has 8 heteroatoms. The van der Waals surface area contributed by atoms with Gasteiger partial charge in [0.05, 0.1) is 16.6 Å². The number of amides is 2. The Morgan fingerprint density at radius 1 is 0.963 bits per heavy atom. The van der Waals surface area contributed by atoms with E-state index in [1.807, 2.05) is 17.5 Å². The summed E-state index contributed by atoms with van der Waals surface area (Å²) in [6.07, 6.45) is 1.61. The molecule has 0 saturated carbocycles. The molecule has 0 radical (unpaired) electrons. The molecule has 0 aliphatic carbocycles. The zero-order chi connectivity index (χ0) is 18.8. The van der Waals surface area contributed by atoms with E-state index < -0.39 is 5.82 Å². The Balaban J connectivity index is 1.40. The summed E-state index contributed by atoms with van der Waals surface area (Å²) in [7, 11) is 0. The molecule has 0 bridgehead atoms. The lowest BCUT2D eigenvalue weighted by Gasteiger charge is -2.34. The molecule has 1 fully saturated rings. The molecule has 3 heterocycles. The zero-order valence-corrected chi connectivity index (χ0v) is 15.9. The smallest absolute Gasteiger partial charge is 0.265 e. The lowest BCUT2D eigenvalue weighted by atomic mass is 10.1. The van der Waals surface area contributed by atoms with Crippen molar-refractivity contribution in [3.63, 3.8) is 0 Å². The number of carbonyl (C=O) groups is 2. The molecule has 1 aromatic carbocycles. The van der Waals surface area contributed by atoms with Gasteiger partial charge < -0.3 is 9.80 Å². The summed E-state index contributed by atoms with van der Waals surface area (Å²) < 4.78 is 13.8. The van der Waals surface area contributed by atoms with Gasteiger partial charge in [0, 0.05) is 26.2 Å². The van der Waals surface area contributed by atoms with Gasteiger partial charge in [-0.1, -0.05) is 18.2 Å². The average Bonchev–Trinajstić information content (AvgIpc) is 3.39. The van der Waals surface area contributed by atoms with Crippen molar-refractivity contribution < 1.29 is 14.0 Å². The predicted octanol–water partition coefficient (Wildman–Crippen LogP) is 3.61. The molecule has 0 atom stereocenters. The average molecular weight is 401 g/mol. The van der Waals surface area contributed by atoms with Crippen LogP contribution in [0, 0.1) is 5.82 Å². The second-order valence-electron chi connectivity index (χ2n) is 6.07. The summed E-state index contributed by atoms with van der Waals surface area (Å²) in [4.78, 5) is 34.5. The number of carbonyl (C=O) groups excluding carboxylic acids is 2. The van der Waals surface area contributed by atoms with Gasteiger partial charge in [-0.3, -0.25) is 9.59 Å². The molecule has 0 spiro atoms. The molecule has 5 nitrogen and oxygen atoms in total. The van der Waals surface area contributed by atoms with E-state index in [1.54, 1.807) is 39.5 Å². The summed E-state index contributed by atoms with van der Waals surface area (Å²) in [6.45, 7) is 1.61. The molecule has 1 aliphatic heterocycles. The number of hydrogen-bond donors (Lipinski definition) is 0. The van der Waals surface area contributed by atoms with E-state index in [2.05, 4.69) is 4.98 Å². The number of piperazine rings is 1. The minimum Gasteiger partial charge on any atom is -0.335 e. The molecule has 27 heavy (non-hydrogen) atoms. The molecule has 1 aliphatic rings. The Morgan fingerprint density at radius 2 is 1.67 bits per heavy atom. The van der Waals surface area contributed by atoms with Gasteiger partial charge in [0.2, 0.25) is 0 Å². The molecular weight excluding hydrogens is 385 g/mol. The Kier molecular flexibility index (Phi) is 5.00. The van der Waals surface area contributed by atoms with E-state index in [4.69, 9.17) is 0 Å². The number of rotatable bonds is 3. The Bertz CT molecular complexity index is 963. The van der Waals surface area contributed by atoms with Gasteiger partial charge in [-0.15, -0.1) is 22.7 Å². The zero-order valence-electron chi connectivity index (χ0n) is 14.3. The molecule has 0 N–H and O–H groups in total. The summed E-state index contributed by atoms with van der Waals surface area (Å²) in [5.74, 6) is -0.932. The van der Waals surface area contributed by atoms with Crippen LogP contribution in [-0.4, -0.2) is 52.8 Å². The van der Waals surface area contributed by atoms with Gasteiger partial charge in [-0.05, 0) is 23.6 Å². The van der Waals surface area contributed by atoms with Crippen LogP contribution in [0.25, 0.3) is 9.88 Å². The van der Waals surface area contributed by atoms with Gasteiger partial charge in [0.1, 0.15) is 15.7 Å². The van der Waals surface area contributed by atoms with Crippen molar-refractivity contribution in [1.29, 1.82) is 0 Å². The largest absolute Gasteiger partial charge is 0.335 e. The predicted molar refractivity (Wildman–Crippen MR) is 104 cm³/mol. The first kappa shape index (κ1) is 17.8. The van der Waals surface area contributed by atoms with Crippen LogP contribution in [0.1, 0.15) is 20.0 Å². The maximum Gasteiger partial charge on any atom is 0.265 e. The molecule has 138 valence electrons. The highest BCUT2D eigenvalue weighted by molar-refractivity contribution is 7.21. The van der Waals surface area contributed by atoms with E-state index in [-0.39, 0.29) is 17.4 Å².